The predicted molar refractivity (Wildman–Crippen MR) is 34.4 cm³/mol. The highest BCUT2D eigenvalue weighted by Crippen LogP contribution is 2.37. The average molecular weight is 150 g/mol. The molecule has 0 aliphatic carbocycles. The second kappa shape index (κ2) is 1.94. The van der Waals surface area contributed by atoms with Crippen molar-refractivity contribution in [2.75, 3.05) is 13.1 Å². The summed E-state index contributed by atoms with van der Waals surface area (Å²) < 4.78 is 54.2. The zero-order chi connectivity index (χ0) is 12.6. The van der Waals surface area contributed by atoms with E-state index < -0.39 is 37.3 Å². The van der Waals surface area contributed by atoms with Crippen LogP contribution in [0.5, 0.6) is 0 Å². The molecule has 10 heavy (non-hydrogen) atoms. The topological polar surface area (TPSA) is 38.7 Å². The van der Waals surface area contributed by atoms with Gasteiger partial charge in [-0.2, -0.15) is 0 Å². The zero-order valence-corrected chi connectivity index (χ0v) is 5.42. The van der Waals surface area contributed by atoms with Crippen LogP contribution in [0.2, 0.25) is 0 Å². The van der Waals surface area contributed by atoms with E-state index in [9.17, 15) is 5.11 Å². The van der Waals surface area contributed by atoms with E-state index in [2.05, 4.69) is 0 Å². The van der Waals surface area contributed by atoms with Crippen molar-refractivity contribution in [1.82, 2.24) is 0 Å². The average Bonchev–Trinajstić information content (AvgIpc) is 2.24. The minimum absolute atomic E-state index is 1.08. The normalized spacial score (nSPS) is 77.4. The van der Waals surface area contributed by atoms with Crippen molar-refractivity contribution in [2.24, 2.45) is 5.92 Å². The van der Waals surface area contributed by atoms with Gasteiger partial charge in [0.05, 0.1) is 24.2 Å². The number of aliphatic hydroxyl groups is 1. The molecule has 0 amide bonds. The number of rotatable bonds is 0. The number of hydrogen-bond acceptors (Lipinski definition) is 3. The highest BCUT2D eigenvalue weighted by Gasteiger charge is 2.48. The lowest BCUT2D eigenvalue weighted by molar-refractivity contribution is -0.0911. The van der Waals surface area contributed by atoms with Gasteiger partial charge in [0.25, 0.3) is 0 Å². The molecule has 0 unspecified atom stereocenters. The Morgan fingerprint density at radius 3 is 3.20 bits per heavy atom. The molecule has 0 radical (unpaired) electrons. The van der Waals surface area contributed by atoms with E-state index in [1.807, 2.05) is 0 Å². The molecule has 0 spiro atoms. The fraction of sp³-hybridized carbons (Fsp3) is 1.00. The fourth-order valence-electron chi connectivity index (χ4n) is 1.03. The van der Waals surface area contributed by atoms with E-state index in [1.54, 1.807) is 0 Å². The fourth-order valence-corrected chi connectivity index (χ4v) is 1.03. The first-order valence-electron chi connectivity index (χ1n) is 6.01. The molecule has 2 rings (SSSR count). The van der Waals surface area contributed by atoms with Gasteiger partial charge in [0, 0.05) is 8.66 Å². The van der Waals surface area contributed by atoms with Crippen molar-refractivity contribution < 1.29 is 22.8 Å². The Kier molecular flexibility index (Phi) is 0.529. The molecule has 2 saturated heterocycles. The molecule has 0 aromatic carbocycles. The van der Waals surface area contributed by atoms with Gasteiger partial charge >= 0.3 is 0 Å². The summed E-state index contributed by atoms with van der Waals surface area (Å²) in [4.78, 5) is 0. The van der Waals surface area contributed by atoms with Crippen LogP contribution in [0, 0.1) is 5.92 Å². The quantitative estimate of drug-likeness (QED) is 0.533. The maximum absolute atomic E-state index is 9.97. The van der Waals surface area contributed by atoms with Crippen LogP contribution >= 0.6 is 0 Å². The highest BCUT2D eigenvalue weighted by molar-refractivity contribution is 4.92. The van der Waals surface area contributed by atoms with Crippen LogP contribution in [0.4, 0.5) is 0 Å². The van der Waals surface area contributed by atoms with Crippen molar-refractivity contribution in [1.29, 1.82) is 0 Å². The number of hydrogen-bond donors (Lipinski definition) is 1. The molecule has 58 valence electrons. The number of ether oxygens (including phenoxy) is 2. The Hall–Kier alpha value is -0.120. The first-order chi connectivity index (χ1) is 6.93. The summed E-state index contributed by atoms with van der Waals surface area (Å²) in [6.07, 6.45) is -3.94. The van der Waals surface area contributed by atoms with Gasteiger partial charge in [-0.3, -0.25) is 0 Å². The third kappa shape index (κ3) is 0.779. The maximum atomic E-state index is 9.97. The van der Waals surface area contributed by atoms with E-state index in [0.29, 0.717) is 0 Å². The molecule has 0 saturated carbocycles. The molecule has 1 N–H and O–H groups in total. The molecule has 3 nitrogen and oxygen atoms in total. The van der Waals surface area contributed by atoms with Gasteiger partial charge in [0.1, 0.15) is 0 Å². The van der Waals surface area contributed by atoms with Crippen molar-refractivity contribution in [3.05, 3.63) is 0 Å². The summed E-state index contributed by atoms with van der Waals surface area (Å²) in [7, 11) is 0. The molecule has 2 aliphatic rings. The van der Waals surface area contributed by atoms with Crippen molar-refractivity contribution in [3.8, 4) is 0 Å². The van der Waals surface area contributed by atoms with Gasteiger partial charge in [-0.25, -0.2) is 0 Å². The standard InChI is InChI=1S/C7H12O3/c1-7(8)4-10-6-5(7)2-3-9-6/h5-6,8H,2-4H2,1H3/t5-,6-,7+/m1/s1/i2D2,3D2,4D2. The van der Waals surface area contributed by atoms with Gasteiger partial charge in [-0.05, 0) is 13.3 Å². The summed E-state index contributed by atoms with van der Waals surface area (Å²) in [6.45, 7) is -3.99. The number of fused-ring (bicyclic) bond motifs is 1. The zero-order valence-electron chi connectivity index (χ0n) is 11.4. The van der Waals surface area contributed by atoms with Crippen molar-refractivity contribution in [3.63, 3.8) is 0 Å². The third-order valence-corrected chi connectivity index (χ3v) is 1.65. The van der Waals surface area contributed by atoms with Crippen LogP contribution in [-0.4, -0.2) is 30.1 Å². The van der Waals surface area contributed by atoms with Gasteiger partial charge in [-0.15, -0.1) is 0 Å². The molecular formula is C7H12O3. The molecule has 3 heteroatoms. The Balaban J connectivity index is 2.46. The van der Waals surface area contributed by atoms with E-state index in [4.69, 9.17) is 17.7 Å². The van der Waals surface area contributed by atoms with Gasteiger partial charge in [0.15, 0.2) is 6.29 Å². The van der Waals surface area contributed by atoms with Crippen molar-refractivity contribution >= 4 is 0 Å². The lowest BCUT2D eigenvalue weighted by Gasteiger charge is -2.19. The van der Waals surface area contributed by atoms with E-state index in [0.717, 1.165) is 6.92 Å². The van der Waals surface area contributed by atoms with Crippen LogP contribution in [0.15, 0.2) is 0 Å². The van der Waals surface area contributed by atoms with Gasteiger partial charge < -0.3 is 14.6 Å². The summed E-state index contributed by atoms with van der Waals surface area (Å²) in [5.41, 5.74) is -2.15. The smallest absolute Gasteiger partial charge is 0.163 e. The predicted octanol–water partition coefficient (Wildman–Crippen LogP) is 0.130. The minimum atomic E-state index is -2.61. The minimum Gasteiger partial charge on any atom is -0.387 e. The largest absolute Gasteiger partial charge is 0.387 e. The molecule has 2 heterocycles. The molecular weight excluding hydrogens is 132 g/mol. The summed E-state index contributed by atoms with van der Waals surface area (Å²) in [5, 5.41) is 9.97. The van der Waals surface area contributed by atoms with Gasteiger partial charge in [0.2, 0.25) is 0 Å². The Morgan fingerprint density at radius 1 is 1.70 bits per heavy atom. The summed E-state index contributed by atoms with van der Waals surface area (Å²) in [5.74, 6) is -1.41. The molecule has 0 bridgehead atoms. The Labute approximate surface area is 68.4 Å². The Bertz CT molecular complexity index is 298. The first kappa shape index (κ1) is 2.73. The van der Waals surface area contributed by atoms with Crippen molar-refractivity contribution in [2.45, 2.75) is 25.2 Å². The highest BCUT2D eigenvalue weighted by atomic mass is 16.7. The van der Waals surface area contributed by atoms with Crippen LogP contribution < -0.4 is 0 Å². The van der Waals surface area contributed by atoms with Crippen LogP contribution in [-0.2, 0) is 9.47 Å². The Morgan fingerprint density at radius 2 is 2.50 bits per heavy atom. The summed E-state index contributed by atoms with van der Waals surface area (Å²) >= 11 is 0. The molecule has 0 aromatic rings. The van der Waals surface area contributed by atoms with E-state index in [-0.39, 0.29) is 0 Å². The van der Waals surface area contributed by atoms with Gasteiger partial charge in [-0.1, -0.05) is 0 Å². The van der Waals surface area contributed by atoms with Crippen LogP contribution in [0.3, 0.4) is 0 Å². The third-order valence-electron chi connectivity index (χ3n) is 1.65. The lowest BCUT2D eigenvalue weighted by Crippen LogP contribution is -2.33. The SMILES string of the molecule is [2H]C1([2H])O[C@@H]2OC([2H])([2H])[C@](C)(O)[C@@H]2C1([2H])[2H]. The molecule has 0 aromatic heterocycles. The second-order valence-corrected chi connectivity index (χ2v) is 2.58. The van der Waals surface area contributed by atoms with E-state index in [1.165, 1.54) is 0 Å². The van der Waals surface area contributed by atoms with E-state index >= 15 is 0 Å². The summed E-state index contributed by atoms with van der Waals surface area (Å²) in [6, 6.07) is 0. The second-order valence-electron chi connectivity index (χ2n) is 2.58. The molecule has 2 aliphatic heterocycles. The maximum Gasteiger partial charge on any atom is 0.163 e. The van der Waals surface area contributed by atoms with Crippen LogP contribution in [0.1, 0.15) is 21.5 Å². The van der Waals surface area contributed by atoms with Crippen LogP contribution in [0.25, 0.3) is 0 Å². The molecule has 3 atom stereocenters. The monoisotopic (exact) mass is 150 g/mol. The molecule has 2 fully saturated rings. The lowest BCUT2D eigenvalue weighted by atomic mass is 9.91. The first-order valence-corrected chi connectivity index (χ1v) is 3.01.